The van der Waals surface area contributed by atoms with E-state index in [2.05, 4.69) is 65.7 Å². The first-order valence-corrected chi connectivity index (χ1v) is 10.9. The van der Waals surface area contributed by atoms with E-state index in [0.29, 0.717) is 0 Å². The Morgan fingerprint density at radius 2 is 1.90 bits per heavy atom. The highest BCUT2D eigenvalue weighted by Gasteiger charge is 2.42. The van der Waals surface area contributed by atoms with Crippen molar-refractivity contribution in [2.45, 2.75) is 45.8 Å². The van der Waals surface area contributed by atoms with Gasteiger partial charge in [-0.15, -0.1) is 0 Å². The Balaban J connectivity index is 1.62. The topological polar surface area (TPSA) is 51.6 Å². The van der Waals surface area contributed by atoms with E-state index in [1.54, 1.807) is 0 Å². The van der Waals surface area contributed by atoms with Crippen LogP contribution in [0.2, 0.25) is 0 Å². The highest BCUT2D eigenvalue weighted by Crippen LogP contribution is 2.43. The third-order valence-corrected chi connectivity index (χ3v) is 6.42. The maximum Gasteiger partial charge on any atom is 0.231 e. The zero-order chi connectivity index (χ0) is 21.7. The Labute approximate surface area is 187 Å². The van der Waals surface area contributed by atoms with E-state index in [-0.39, 0.29) is 24.9 Å². The van der Waals surface area contributed by atoms with Crippen LogP contribution in [0.3, 0.4) is 0 Å². The fourth-order valence-corrected chi connectivity index (χ4v) is 5.21. The molecule has 160 valence electrons. The van der Waals surface area contributed by atoms with Crippen molar-refractivity contribution in [1.82, 2.24) is 19.8 Å². The molecule has 0 spiro atoms. The first-order valence-electron chi connectivity index (χ1n) is 10.5. The SMILES string of the molecule is Cc1cc([C@H]2[C@H](c3ccccn3)NC(=S)N2C(C)C)c(C)n1-c1ccc2c(c1)OCO2. The zero-order valence-corrected chi connectivity index (χ0v) is 18.9. The minimum Gasteiger partial charge on any atom is -0.454 e. The zero-order valence-electron chi connectivity index (χ0n) is 18.1. The highest BCUT2D eigenvalue weighted by molar-refractivity contribution is 7.80. The first kappa shape index (κ1) is 19.9. The molecular formula is C24H26N4O2S. The number of benzene rings is 1. The van der Waals surface area contributed by atoms with Gasteiger partial charge in [0.25, 0.3) is 0 Å². The molecule has 1 N–H and O–H groups in total. The summed E-state index contributed by atoms with van der Waals surface area (Å²) in [6.45, 7) is 8.94. The number of fused-ring (bicyclic) bond motifs is 1. The van der Waals surface area contributed by atoms with Gasteiger partial charge in [0, 0.05) is 35.4 Å². The van der Waals surface area contributed by atoms with Gasteiger partial charge in [-0.3, -0.25) is 4.98 Å². The van der Waals surface area contributed by atoms with Gasteiger partial charge in [0.15, 0.2) is 16.6 Å². The van der Waals surface area contributed by atoms with E-state index >= 15 is 0 Å². The number of hydrogen-bond donors (Lipinski definition) is 1. The fraction of sp³-hybridized carbons (Fsp3) is 0.333. The van der Waals surface area contributed by atoms with E-state index in [0.717, 1.165) is 33.7 Å². The number of thiocarbonyl (C=S) groups is 1. The summed E-state index contributed by atoms with van der Waals surface area (Å²) in [5.74, 6) is 1.57. The number of nitrogens with one attached hydrogen (secondary N) is 1. The molecule has 1 saturated heterocycles. The van der Waals surface area contributed by atoms with Crippen molar-refractivity contribution in [3.8, 4) is 17.2 Å². The quantitative estimate of drug-likeness (QED) is 0.606. The van der Waals surface area contributed by atoms with E-state index in [1.807, 2.05) is 30.5 Å². The van der Waals surface area contributed by atoms with Gasteiger partial charge in [0.2, 0.25) is 6.79 Å². The van der Waals surface area contributed by atoms with Crippen LogP contribution in [0, 0.1) is 13.8 Å². The Kier molecular flexibility index (Phi) is 4.85. The van der Waals surface area contributed by atoms with E-state index in [1.165, 1.54) is 11.3 Å². The van der Waals surface area contributed by atoms with Crippen molar-refractivity contribution in [3.05, 3.63) is 71.3 Å². The van der Waals surface area contributed by atoms with Crippen LogP contribution in [0.4, 0.5) is 0 Å². The molecule has 0 amide bonds. The molecule has 6 nitrogen and oxygen atoms in total. The lowest BCUT2D eigenvalue weighted by Gasteiger charge is -2.31. The second-order valence-electron chi connectivity index (χ2n) is 8.33. The summed E-state index contributed by atoms with van der Waals surface area (Å²) in [7, 11) is 0. The molecule has 0 unspecified atom stereocenters. The normalized spacial score (nSPS) is 19.9. The van der Waals surface area contributed by atoms with E-state index in [4.69, 9.17) is 21.7 Å². The molecule has 4 heterocycles. The van der Waals surface area contributed by atoms with Crippen LogP contribution in [-0.4, -0.2) is 32.4 Å². The number of aryl methyl sites for hydroxylation is 1. The molecule has 1 fully saturated rings. The minimum absolute atomic E-state index is 0.0122. The lowest BCUT2D eigenvalue weighted by molar-refractivity contribution is 0.174. The van der Waals surface area contributed by atoms with Crippen molar-refractivity contribution >= 4 is 17.3 Å². The Hall–Kier alpha value is -3.06. The third kappa shape index (κ3) is 3.24. The number of aromatic nitrogens is 2. The van der Waals surface area contributed by atoms with Gasteiger partial charge in [0.1, 0.15) is 0 Å². The van der Waals surface area contributed by atoms with Crippen molar-refractivity contribution in [3.63, 3.8) is 0 Å². The van der Waals surface area contributed by atoms with Crippen LogP contribution >= 0.6 is 12.2 Å². The Bertz CT molecular complexity index is 1140. The van der Waals surface area contributed by atoms with Crippen molar-refractivity contribution < 1.29 is 9.47 Å². The molecule has 2 aliphatic rings. The molecule has 0 bridgehead atoms. The molecule has 2 atom stereocenters. The summed E-state index contributed by atoms with van der Waals surface area (Å²) >= 11 is 5.75. The average molecular weight is 435 g/mol. The van der Waals surface area contributed by atoms with Crippen molar-refractivity contribution in [1.29, 1.82) is 0 Å². The van der Waals surface area contributed by atoms with Gasteiger partial charge in [-0.1, -0.05) is 6.07 Å². The van der Waals surface area contributed by atoms with Gasteiger partial charge in [-0.2, -0.15) is 0 Å². The number of rotatable bonds is 4. The van der Waals surface area contributed by atoms with Crippen LogP contribution in [0.15, 0.2) is 48.7 Å². The predicted molar refractivity (Wildman–Crippen MR) is 124 cm³/mol. The lowest BCUT2D eigenvalue weighted by Crippen LogP contribution is -2.35. The van der Waals surface area contributed by atoms with Gasteiger partial charge < -0.3 is 24.3 Å². The van der Waals surface area contributed by atoms with Gasteiger partial charge >= 0.3 is 0 Å². The standard InChI is InChI=1S/C24H26N4O2S/c1-14(2)27-23(22(26-24(27)31)19-7-5-6-10-25-19)18-11-15(3)28(16(18)4)17-8-9-20-21(12-17)30-13-29-20/h5-12,14,22-23H,13H2,1-4H3,(H,26,31)/t22-,23-/m0/s1. The number of hydrogen-bond acceptors (Lipinski definition) is 4. The highest BCUT2D eigenvalue weighted by atomic mass is 32.1. The van der Waals surface area contributed by atoms with Crippen LogP contribution in [0.25, 0.3) is 5.69 Å². The van der Waals surface area contributed by atoms with Crippen LogP contribution in [0.1, 0.15) is 48.6 Å². The maximum absolute atomic E-state index is 5.75. The monoisotopic (exact) mass is 434 g/mol. The van der Waals surface area contributed by atoms with Crippen LogP contribution in [0.5, 0.6) is 11.5 Å². The van der Waals surface area contributed by atoms with Gasteiger partial charge in [-0.25, -0.2) is 0 Å². The number of pyridine rings is 1. The van der Waals surface area contributed by atoms with E-state index in [9.17, 15) is 0 Å². The lowest BCUT2D eigenvalue weighted by atomic mass is 9.96. The summed E-state index contributed by atoms with van der Waals surface area (Å²) in [5, 5.41) is 4.30. The molecule has 0 radical (unpaired) electrons. The summed E-state index contributed by atoms with van der Waals surface area (Å²) in [5.41, 5.74) is 5.63. The van der Waals surface area contributed by atoms with Gasteiger partial charge in [0.05, 0.1) is 17.8 Å². The molecule has 1 aromatic carbocycles. The summed E-state index contributed by atoms with van der Waals surface area (Å²) in [6, 6.07) is 14.7. The summed E-state index contributed by atoms with van der Waals surface area (Å²) in [6.07, 6.45) is 1.84. The molecule has 7 heteroatoms. The molecular weight excluding hydrogens is 408 g/mol. The Morgan fingerprint density at radius 1 is 1.10 bits per heavy atom. The van der Waals surface area contributed by atoms with Crippen molar-refractivity contribution in [2.75, 3.05) is 6.79 Å². The van der Waals surface area contributed by atoms with E-state index < -0.39 is 0 Å². The largest absolute Gasteiger partial charge is 0.454 e. The smallest absolute Gasteiger partial charge is 0.231 e. The number of ether oxygens (including phenoxy) is 2. The van der Waals surface area contributed by atoms with Crippen molar-refractivity contribution in [2.24, 2.45) is 0 Å². The molecule has 0 aliphatic carbocycles. The minimum atomic E-state index is -0.0122. The maximum atomic E-state index is 5.75. The molecule has 5 rings (SSSR count). The number of nitrogens with zero attached hydrogens (tertiary/aromatic N) is 3. The molecule has 0 saturated carbocycles. The molecule has 31 heavy (non-hydrogen) atoms. The summed E-state index contributed by atoms with van der Waals surface area (Å²) < 4.78 is 13.4. The molecule has 3 aromatic rings. The summed E-state index contributed by atoms with van der Waals surface area (Å²) in [4.78, 5) is 6.93. The fourth-order valence-electron chi connectivity index (χ4n) is 4.76. The van der Waals surface area contributed by atoms with Gasteiger partial charge in [-0.05, 0) is 75.8 Å². The Morgan fingerprint density at radius 3 is 2.65 bits per heavy atom. The third-order valence-electron chi connectivity index (χ3n) is 6.09. The first-order chi connectivity index (χ1) is 15.0. The van der Waals surface area contributed by atoms with Crippen LogP contribution < -0.4 is 14.8 Å². The molecule has 2 aromatic heterocycles. The van der Waals surface area contributed by atoms with Crippen LogP contribution in [-0.2, 0) is 0 Å². The second-order valence-corrected chi connectivity index (χ2v) is 8.71. The average Bonchev–Trinajstić information content (AvgIpc) is 3.43. The second kappa shape index (κ2) is 7.57. The predicted octanol–water partition coefficient (Wildman–Crippen LogP) is 4.60. The molecule has 2 aliphatic heterocycles.